The van der Waals surface area contributed by atoms with Crippen molar-refractivity contribution in [2.24, 2.45) is 0 Å². The topological polar surface area (TPSA) is 96.0 Å². The van der Waals surface area contributed by atoms with Gasteiger partial charge in [-0.05, 0) is 18.6 Å². The number of aromatic amines is 1. The van der Waals surface area contributed by atoms with Crippen LogP contribution in [-0.2, 0) is 11.3 Å². The monoisotopic (exact) mass is 428 g/mol. The third kappa shape index (κ3) is 4.17. The van der Waals surface area contributed by atoms with Gasteiger partial charge in [-0.15, -0.1) is 0 Å². The van der Waals surface area contributed by atoms with E-state index in [-0.39, 0.29) is 11.7 Å². The second-order valence-corrected chi connectivity index (χ2v) is 7.86. The maximum absolute atomic E-state index is 12.4. The number of ether oxygens (including phenoxy) is 1. The summed E-state index contributed by atoms with van der Waals surface area (Å²) in [7, 11) is 0. The normalized spacial score (nSPS) is 14.0. The molecule has 2 N–H and O–H groups in total. The summed E-state index contributed by atoms with van der Waals surface area (Å²) in [6.45, 7) is 5.61. The van der Waals surface area contributed by atoms with Gasteiger partial charge in [-0.2, -0.15) is 0 Å². The van der Waals surface area contributed by atoms with Crippen molar-refractivity contribution < 1.29 is 9.53 Å². The molecule has 1 aromatic carbocycles. The first-order valence-corrected chi connectivity index (χ1v) is 10.6. The van der Waals surface area contributed by atoms with E-state index < -0.39 is 0 Å². The summed E-state index contributed by atoms with van der Waals surface area (Å²) in [5.41, 5.74) is 5.86. The number of benzene rings is 1. The molecule has 0 aliphatic carbocycles. The fraction of sp³-hybridized carbons (Fsp3) is 0.250. The van der Waals surface area contributed by atoms with E-state index in [4.69, 9.17) is 4.74 Å². The predicted octanol–water partition coefficient (Wildman–Crippen LogP) is 3.09. The van der Waals surface area contributed by atoms with Crippen molar-refractivity contribution in [1.82, 2.24) is 25.3 Å². The lowest BCUT2D eigenvalue weighted by molar-refractivity contribution is 0.0940. The van der Waals surface area contributed by atoms with Crippen molar-refractivity contribution in [3.8, 4) is 11.1 Å². The highest BCUT2D eigenvalue weighted by Gasteiger charge is 2.15. The molecule has 162 valence electrons. The summed E-state index contributed by atoms with van der Waals surface area (Å²) < 4.78 is 5.45. The number of carbonyl (C=O) groups is 1. The minimum Gasteiger partial charge on any atom is -0.378 e. The molecule has 0 radical (unpaired) electrons. The smallest absolute Gasteiger partial charge is 0.289 e. The van der Waals surface area contributed by atoms with Crippen LogP contribution in [0.5, 0.6) is 0 Å². The first-order chi connectivity index (χ1) is 15.7. The number of rotatable bonds is 5. The Balaban J connectivity index is 1.32. The van der Waals surface area contributed by atoms with Crippen LogP contribution in [0.15, 0.2) is 55.1 Å². The van der Waals surface area contributed by atoms with Gasteiger partial charge in [-0.3, -0.25) is 4.79 Å². The predicted molar refractivity (Wildman–Crippen MR) is 123 cm³/mol. The summed E-state index contributed by atoms with van der Waals surface area (Å²) >= 11 is 0. The Kier molecular flexibility index (Phi) is 5.51. The van der Waals surface area contributed by atoms with Gasteiger partial charge in [0.15, 0.2) is 0 Å². The van der Waals surface area contributed by atoms with E-state index in [9.17, 15) is 4.79 Å². The molecule has 1 fully saturated rings. The first-order valence-electron chi connectivity index (χ1n) is 10.6. The van der Waals surface area contributed by atoms with E-state index in [1.807, 2.05) is 43.6 Å². The SMILES string of the molecule is Cc1ccc(CNC(=O)c2ncc(-c3c[nH]c4ncc(N5CCOCC5)cc34)cn2)cc1. The van der Waals surface area contributed by atoms with E-state index in [2.05, 4.69) is 36.2 Å². The summed E-state index contributed by atoms with van der Waals surface area (Å²) in [5, 5.41) is 3.86. The molecule has 3 aromatic heterocycles. The minimum atomic E-state index is -0.299. The Hall–Kier alpha value is -3.78. The number of hydrogen-bond acceptors (Lipinski definition) is 6. The molecule has 8 heteroatoms. The Morgan fingerprint density at radius 3 is 2.59 bits per heavy atom. The van der Waals surface area contributed by atoms with Crippen LogP contribution in [0.1, 0.15) is 21.7 Å². The second-order valence-electron chi connectivity index (χ2n) is 7.86. The third-order valence-corrected chi connectivity index (χ3v) is 5.63. The molecular weight excluding hydrogens is 404 g/mol. The number of anilines is 1. The molecule has 5 rings (SSSR count). The van der Waals surface area contributed by atoms with Gasteiger partial charge >= 0.3 is 0 Å². The molecule has 0 bridgehead atoms. The standard InChI is InChI=1S/C24H24N6O2/c1-16-2-4-17(5-3-16)11-29-24(31)23-25-12-18(13-26-23)21-15-28-22-20(21)10-19(14-27-22)30-6-8-32-9-7-30/h2-5,10,12-15H,6-9,11H2,1H3,(H,27,28)(H,29,31). The summed E-state index contributed by atoms with van der Waals surface area (Å²) in [4.78, 5) is 31.1. The zero-order valence-electron chi connectivity index (χ0n) is 17.8. The molecule has 1 aliphatic heterocycles. The number of nitrogens with one attached hydrogen (secondary N) is 2. The van der Waals surface area contributed by atoms with E-state index in [1.54, 1.807) is 12.4 Å². The number of nitrogens with zero attached hydrogens (tertiary/aromatic N) is 4. The van der Waals surface area contributed by atoms with Crippen LogP contribution >= 0.6 is 0 Å². The van der Waals surface area contributed by atoms with Gasteiger partial charge in [0.25, 0.3) is 5.91 Å². The molecule has 32 heavy (non-hydrogen) atoms. The van der Waals surface area contributed by atoms with Crippen LogP contribution in [0.2, 0.25) is 0 Å². The van der Waals surface area contributed by atoms with Gasteiger partial charge < -0.3 is 19.9 Å². The highest BCUT2D eigenvalue weighted by Crippen LogP contribution is 2.30. The lowest BCUT2D eigenvalue weighted by Crippen LogP contribution is -2.36. The molecule has 0 atom stereocenters. The van der Waals surface area contributed by atoms with Gasteiger partial charge in [0.05, 0.1) is 25.1 Å². The van der Waals surface area contributed by atoms with E-state index in [1.165, 1.54) is 5.56 Å². The van der Waals surface area contributed by atoms with Gasteiger partial charge in [-0.25, -0.2) is 15.0 Å². The third-order valence-electron chi connectivity index (χ3n) is 5.63. The largest absolute Gasteiger partial charge is 0.378 e. The van der Waals surface area contributed by atoms with Gasteiger partial charge in [0, 0.05) is 54.7 Å². The molecule has 4 aromatic rings. The van der Waals surface area contributed by atoms with Gasteiger partial charge in [0.2, 0.25) is 5.82 Å². The van der Waals surface area contributed by atoms with Crippen LogP contribution in [0.25, 0.3) is 22.2 Å². The van der Waals surface area contributed by atoms with Crippen molar-refractivity contribution in [2.45, 2.75) is 13.5 Å². The summed E-state index contributed by atoms with van der Waals surface area (Å²) in [6.07, 6.45) is 7.14. The number of fused-ring (bicyclic) bond motifs is 1. The lowest BCUT2D eigenvalue weighted by Gasteiger charge is -2.28. The lowest BCUT2D eigenvalue weighted by atomic mass is 10.1. The molecule has 0 spiro atoms. The molecule has 0 saturated carbocycles. The van der Waals surface area contributed by atoms with Crippen molar-refractivity contribution in [3.63, 3.8) is 0 Å². The highest BCUT2D eigenvalue weighted by atomic mass is 16.5. The number of pyridine rings is 1. The quantitative estimate of drug-likeness (QED) is 0.507. The number of hydrogen-bond donors (Lipinski definition) is 2. The Morgan fingerprint density at radius 1 is 1.09 bits per heavy atom. The maximum atomic E-state index is 12.4. The van der Waals surface area contributed by atoms with Crippen molar-refractivity contribution in [3.05, 3.63) is 72.1 Å². The molecule has 4 heterocycles. The van der Waals surface area contributed by atoms with Crippen molar-refractivity contribution >= 4 is 22.6 Å². The molecule has 1 aliphatic rings. The van der Waals surface area contributed by atoms with Crippen molar-refractivity contribution in [1.29, 1.82) is 0 Å². The maximum Gasteiger partial charge on any atom is 0.289 e. The van der Waals surface area contributed by atoms with Gasteiger partial charge in [-0.1, -0.05) is 29.8 Å². The highest BCUT2D eigenvalue weighted by molar-refractivity contribution is 5.95. The molecule has 0 unspecified atom stereocenters. The fourth-order valence-electron chi connectivity index (χ4n) is 3.78. The number of carbonyl (C=O) groups excluding carboxylic acids is 1. The van der Waals surface area contributed by atoms with Crippen LogP contribution in [0.4, 0.5) is 5.69 Å². The minimum absolute atomic E-state index is 0.146. The van der Waals surface area contributed by atoms with Gasteiger partial charge in [0.1, 0.15) is 5.65 Å². The van der Waals surface area contributed by atoms with Crippen LogP contribution < -0.4 is 10.2 Å². The number of aromatic nitrogens is 4. The molecule has 8 nitrogen and oxygen atoms in total. The van der Waals surface area contributed by atoms with E-state index >= 15 is 0 Å². The Labute approximate surface area is 185 Å². The average Bonchev–Trinajstić information content (AvgIpc) is 3.27. The van der Waals surface area contributed by atoms with E-state index in [0.29, 0.717) is 6.54 Å². The van der Waals surface area contributed by atoms with Crippen molar-refractivity contribution in [2.75, 3.05) is 31.2 Å². The molecule has 1 saturated heterocycles. The van der Waals surface area contributed by atoms with Crippen LogP contribution in [0, 0.1) is 6.92 Å². The van der Waals surface area contributed by atoms with Crippen LogP contribution in [-0.4, -0.2) is 52.1 Å². The number of H-pyrrole nitrogens is 1. The number of amides is 1. The first kappa shape index (κ1) is 20.1. The number of aryl methyl sites for hydroxylation is 1. The molecular formula is C24H24N6O2. The second kappa shape index (κ2) is 8.76. The molecule has 1 amide bonds. The number of morpholine rings is 1. The zero-order chi connectivity index (χ0) is 21.9. The fourth-order valence-corrected chi connectivity index (χ4v) is 3.78. The average molecular weight is 428 g/mol. The Morgan fingerprint density at radius 2 is 1.84 bits per heavy atom. The summed E-state index contributed by atoms with van der Waals surface area (Å²) in [6, 6.07) is 10.2. The zero-order valence-corrected chi connectivity index (χ0v) is 17.8. The summed E-state index contributed by atoms with van der Waals surface area (Å²) in [5.74, 6) is -0.153. The van der Waals surface area contributed by atoms with Crippen LogP contribution in [0.3, 0.4) is 0 Å². The Bertz CT molecular complexity index is 1230. The van der Waals surface area contributed by atoms with E-state index in [0.717, 1.165) is 59.7 Å².